The molecular formula is C17H23F3N2O. The molecule has 0 radical (unpaired) electrons. The predicted octanol–water partition coefficient (Wildman–Crippen LogP) is 3.02. The van der Waals surface area contributed by atoms with Crippen molar-refractivity contribution in [2.45, 2.75) is 44.0 Å². The van der Waals surface area contributed by atoms with Gasteiger partial charge in [-0.05, 0) is 61.8 Å². The average Bonchev–Trinajstić information content (AvgIpc) is 3.30. The third kappa shape index (κ3) is 4.18. The number of nitrogens with zero attached hydrogens (tertiary/aromatic N) is 1. The minimum absolute atomic E-state index is 0.0116. The summed E-state index contributed by atoms with van der Waals surface area (Å²) in [4.78, 5) is 2.04. The van der Waals surface area contributed by atoms with Crippen molar-refractivity contribution in [3.8, 4) is 0 Å². The molecule has 0 amide bonds. The van der Waals surface area contributed by atoms with Crippen LogP contribution in [0.5, 0.6) is 0 Å². The summed E-state index contributed by atoms with van der Waals surface area (Å²) in [6.45, 7) is 1.38. The standard InChI is InChI=1S/C17H23F3N2O/c18-17(19,20)13-3-5-15(6-4-13)22-9-11(7-14(21)10-22)8-16(23)12-1-2-12/h3-6,11-12,14,16,23H,1-2,7-10,21H2. The number of benzene rings is 1. The van der Waals surface area contributed by atoms with Crippen LogP contribution in [0.1, 0.15) is 31.2 Å². The highest BCUT2D eigenvalue weighted by Crippen LogP contribution is 2.37. The lowest BCUT2D eigenvalue weighted by Gasteiger charge is -2.38. The Kier molecular flexibility index (Phi) is 4.56. The summed E-state index contributed by atoms with van der Waals surface area (Å²) in [5.74, 6) is 0.726. The molecule has 1 saturated carbocycles. The van der Waals surface area contributed by atoms with Gasteiger partial charge >= 0.3 is 6.18 Å². The maximum absolute atomic E-state index is 12.6. The number of aliphatic hydroxyl groups excluding tert-OH is 1. The van der Waals surface area contributed by atoms with Gasteiger partial charge in [0.1, 0.15) is 0 Å². The molecule has 2 aliphatic rings. The Morgan fingerprint density at radius 1 is 1.17 bits per heavy atom. The van der Waals surface area contributed by atoms with E-state index in [9.17, 15) is 18.3 Å². The molecular weight excluding hydrogens is 305 g/mol. The van der Waals surface area contributed by atoms with E-state index in [2.05, 4.69) is 0 Å². The molecule has 1 heterocycles. The molecule has 1 aliphatic heterocycles. The SMILES string of the molecule is NC1CC(CC(O)C2CC2)CN(c2ccc(C(F)(F)F)cc2)C1. The van der Waals surface area contributed by atoms with Crippen LogP contribution in [0, 0.1) is 11.8 Å². The van der Waals surface area contributed by atoms with Crippen LogP contribution >= 0.6 is 0 Å². The van der Waals surface area contributed by atoms with Gasteiger partial charge in [-0.15, -0.1) is 0 Å². The molecule has 23 heavy (non-hydrogen) atoms. The first kappa shape index (κ1) is 16.6. The van der Waals surface area contributed by atoms with Crippen molar-refractivity contribution in [2.24, 2.45) is 17.6 Å². The van der Waals surface area contributed by atoms with Gasteiger partial charge in [-0.2, -0.15) is 13.2 Å². The van der Waals surface area contributed by atoms with Crippen LogP contribution in [-0.4, -0.2) is 30.3 Å². The summed E-state index contributed by atoms with van der Waals surface area (Å²) in [6.07, 6.45) is -0.783. The van der Waals surface area contributed by atoms with Crippen molar-refractivity contribution in [1.29, 1.82) is 0 Å². The van der Waals surface area contributed by atoms with E-state index in [1.165, 1.54) is 12.1 Å². The molecule has 3 unspecified atom stereocenters. The van der Waals surface area contributed by atoms with Gasteiger partial charge in [0.25, 0.3) is 0 Å². The number of halogens is 3. The molecule has 128 valence electrons. The molecule has 1 saturated heterocycles. The van der Waals surface area contributed by atoms with Gasteiger partial charge in [0.15, 0.2) is 0 Å². The molecule has 0 bridgehead atoms. The average molecular weight is 328 g/mol. The van der Waals surface area contributed by atoms with Gasteiger partial charge in [0.05, 0.1) is 11.7 Å². The maximum atomic E-state index is 12.6. The second-order valence-electron chi connectivity index (χ2n) is 6.95. The molecule has 1 aromatic carbocycles. The molecule has 3 atom stereocenters. The third-order valence-electron chi connectivity index (χ3n) is 4.87. The Labute approximate surface area is 134 Å². The zero-order valence-electron chi connectivity index (χ0n) is 13.0. The number of rotatable bonds is 4. The number of hydrogen-bond acceptors (Lipinski definition) is 3. The lowest BCUT2D eigenvalue weighted by molar-refractivity contribution is -0.137. The van der Waals surface area contributed by atoms with Crippen molar-refractivity contribution in [1.82, 2.24) is 0 Å². The van der Waals surface area contributed by atoms with E-state index in [1.807, 2.05) is 4.90 Å². The fourth-order valence-electron chi connectivity index (χ4n) is 3.50. The molecule has 3 nitrogen and oxygen atoms in total. The van der Waals surface area contributed by atoms with Crippen molar-refractivity contribution in [2.75, 3.05) is 18.0 Å². The Balaban J connectivity index is 1.66. The maximum Gasteiger partial charge on any atom is 0.416 e. The molecule has 0 aromatic heterocycles. The summed E-state index contributed by atoms with van der Waals surface area (Å²) in [6, 6.07) is 5.24. The van der Waals surface area contributed by atoms with E-state index in [1.54, 1.807) is 0 Å². The van der Waals surface area contributed by atoms with Crippen LogP contribution < -0.4 is 10.6 Å². The number of aliphatic hydroxyl groups is 1. The van der Waals surface area contributed by atoms with Gasteiger partial charge in [-0.3, -0.25) is 0 Å². The quantitative estimate of drug-likeness (QED) is 0.893. The van der Waals surface area contributed by atoms with E-state index in [0.717, 1.165) is 50.0 Å². The molecule has 3 N–H and O–H groups in total. The molecule has 3 rings (SSSR count). The number of alkyl halides is 3. The number of nitrogens with two attached hydrogens (primary N) is 1. The second kappa shape index (κ2) is 6.32. The van der Waals surface area contributed by atoms with Gasteiger partial charge in [0.2, 0.25) is 0 Å². The first-order valence-corrected chi connectivity index (χ1v) is 8.19. The van der Waals surface area contributed by atoms with Crippen LogP contribution in [0.25, 0.3) is 0 Å². The lowest BCUT2D eigenvalue weighted by atomic mass is 9.88. The van der Waals surface area contributed by atoms with Crippen LogP contribution in [0.4, 0.5) is 18.9 Å². The van der Waals surface area contributed by atoms with Gasteiger partial charge in [-0.1, -0.05) is 0 Å². The Hall–Kier alpha value is -1.27. The van der Waals surface area contributed by atoms with Crippen molar-refractivity contribution in [3.05, 3.63) is 29.8 Å². The monoisotopic (exact) mass is 328 g/mol. The van der Waals surface area contributed by atoms with Crippen LogP contribution in [0.3, 0.4) is 0 Å². The second-order valence-corrected chi connectivity index (χ2v) is 6.95. The fraction of sp³-hybridized carbons (Fsp3) is 0.647. The summed E-state index contributed by atoms with van der Waals surface area (Å²) >= 11 is 0. The largest absolute Gasteiger partial charge is 0.416 e. The first-order chi connectivity index (χ1) is 10.8. The van der Waals surface area contributed by atoms with Crippen molar-refractivity contribution < 1.29 is 18.3 Å². The Morgan fingerprint density at radius 2 is 1.83 bits per heavy atom. The van der Waals surface area contributed by atoms with Crippen molar-refractivity contribution >= 4 is 5.69 Å². The molecule has 2 fully saturated rings. The normalized spacial score (nSPS) is 27.1. The predicted molar refractivity (Wildman–Crippen MR) is 83.1 cm³/mol. The minimum Gasteiger partial charge on any atom is -0.393 e. The van der Waals surface area contributed by atoms with Gasteiger partial charge < -0.3 is 15.7 Å². The highest BCUT2D eigenvalue weighted by Gasteiger charge is 2.34. The van der Waals surface area contributed by atoms with Crippen molar-refractivity contribution in [3.63, 3.8) is 0 Å². The Bertz CT molecular complexity index is 528. The fourth-order valence-corrected chi connectivity index (χ4v) is 3.50. The first-order valence-electron chi connectivity index (χ1n) is 8.19. The van der Waals surface area contributed by atoms with E-state index in [-0.39, 0.29) is 18.1 Å². The minimum atomic E-state index is -4.31. The van der Waals surface area contributed by atoms with E-state index in [0.29, 0.717) is 12.5 Å². The summed E-state index contributed by atoms with van der Waals surface area (Å²) in [7, 11) is 0. The number of anilines is 1. The van der Waals surface area contributed by atoms with Gasteiger partial charge in [-0.25, -0.2) is 0 Å². The zero-order chi connectivity index (χ0) is 16.6. The summed E-state index contributed by atoms with van der Waals surface area (Å²) in [5, 5.41) is 10.1. The molecule has 6 heteroatoms. The summed E-state index contributed by atoms with van der Waals surface area (Å²) < 4.78 is 37.9. The topological polar surface area (TPSA) is 49.5 Å². The van der Waals surface area contributed by atoms with Crippen LogP contribution in [-0.2, 0) is 6.18 Å². The Morgan fingerprint density at radius 3 is 2.39 bits per heavy atom. The summed E-state index contributed by atoms with van der Waals surface area (Å²) in [5.41, 5.74) is 6.24. The smallest absolute Gasteiger partial charge is 0.393 e. The van der Waals surface area contributed by atoms with Gasteiger partial charge in [0, 0.05) is 24.8 Å². The van der Waals surface area contributed by atoms with E-state index >= 15 is 0 Å². The number of piperidine rings is 1. The highest BCUT2D eigenvalue weighted by molar-refractivity contribution is 5.48. The number of hydrogen-bond donors (Lipinski definition) is 2. The molecule has 0 spiro atoms. The molecule has 1 aromatic rings. The van der Waals surface area contributed by atoms with E-state index in [4.69, 9.17) is 5.73 Å². The highest BCUT2D eigenvalue weighted by atomic mass is 19.4. The van der Waals surface area contributed by atoms with Crippen LogP contribution in [0.15, 0.2) is 24.3 Å². The van der Waals surface area contributed by atoms with E-state index < -0.39 is 11.7 Å². The zero-order valence-corrected chi connectivity index (χ0v) is 13.0. The molecule has 1 aliphatic carbocycles. The lowest BCUT2D eigenvalue weighted by Crippen LogP contribution is -2.47. The third-order valence-corrected chi connectivity index (χ3v) is 4.87. The van der Waals surface area contributed by atoms with Crippen LogP contribution in [0.2, 0.25) is 0 Å².